The van der Waals surface area contributed by atoms with Gasteiger partial charge in [-0.15, -0.1) is 0 Å². The quantitative estimate of drug-likeness (QED) is 0.746. The Balaban J connectivity index is 3.45. The van der Waals surface area contributed by atoms with Gasteiger partial charge in [-0.1, -0.05) is 6.07 Å². The maximum absolute atomic E-state index is 11.1. The van der Waals surface area contributed by atoms with E-state index >= 15 is 0 Å². The highest BCUT2D eigenvalue weighted by Crippen LogP contribution is 2.21. The van der Waals surface area contributed by atoms with E-state index in [1.54, 1.807) is 20.0 Å². The second kappa shape index (κ2) is 4.91. The summed E-state index contributed by atoms with van der Waals surface area (Å²) >= 11 is 0. The van der Waals surface area contributed by atoms with Crippen LogP contribution in [0.15, 0.2) is 17.8 Å². The second-order valence-electron chi connectivity index (χ2n) is 4.08. The summed E-state index contributed by atoms with van der Waals surface area (Å²) in [6, 6.07) is 3.47. The molecule has 0 amide bonds. The van der Waals surface area contributed by atoms with Gasteiger partial charge < -0.3 is 16.2 Å². The van der Waals surface area contributed by atoms with Crippen molar-refractivity contribution < 1.29 is 9.90 Å². The molecule has 0 saturated carbocycles. The highest BCUT2D eigenvalue weighted by atomic mass is 16.4. The number of carboxylic acids is 1. The van der Waals surface area contributed by atoms with Crippen LogP contribution in [-0.2, 0) is 0 Å². The average Bonchev–Trinajstić information content (AvgIpc) is 2.26. The highest BCUT2D eigenvalue weighted by molar-refractivity contribution is 5.91. The van der Waals surface area contributed by atoms with Gasteiger partial charge >= 0.3 is 5.97 Å². The minimum absolute atomic E-state index is 0.289. The van der Waals surface area contributed by atoms with Gasteiger partial charge in [0.15, 0.2) is 0 Å². The number of benzene rings is 1. The first kappa shape index (κ1) is 13.1. The lowest BCUT2D eigenvalue weighted by molar-refractivity contribution is 0.0696. The third-order valence-electron chi connectivity index (χ3n) is 2.87. The minimum Gasteiger partial charge on any atom is -0.478 e. The second-order valence-corrected chi connectivity index (χ2v) is 4.08. The van der Waals surface area contributed by atoms with Gasteiger partial charge in [-0.2, -0.15) is 0 Å². The summed E-state index contributed by atoms with van der Waals surface area (Å²) in [5, 5.41) is 12.0. The maximum Gasteiger partial charge on any atom is 0.335 e. The Kier molecular flexibility index (Phi) is 3.78. The van der Waals surface area contributed by atoms with E-state index in [-0.39, 0.29) is 5.56 Å². The fourth-order valence-electron chi connectivity index (χ4n) is 1.71. The Labute approximate surface area is 101 Å². The number of rotatable bonds is 3. The van der Waals surface area contributed by atoms with Crippen LogP contribution in [-0.4, -0.2) is 18.1 Å². The molecule has 0 atom stereocenters. The zero-order valence-corrected chi connectivity index (χ0v) is 10.6. The summed E-state index contributed by atoms with van der Waals surface area (Å²) in [4.78, 5) is 11.1. The van der Waals surface area contributed by atoms with Gasteiger partial charge in [-0.25, -0.2) is 4.79 Å². The molecule has 0 fully saturated rings. The number of aromatic carboxylic acids is 1. The molecular formula is C13H18N2O2. The predicted octanol–water partition coefficient (Wildman–Crippen LogP) is 1.87. The number of carbonyl (C=O) groups is 1. The van der Waals surface area contributed by atoms with E-state index in [0.717, 1.165) is 22.4 Å². The molecule has 1 aromatic carbocycles. The molecule has 0 aliphatic heterocycles. The number of hydrogen-bond donors (Lipinski definition) is 3. The molecule has 0 heterocycles. The van der Waals surface area contributed by atoms with Crippen molar-refractivity contribution in [3.8, 4) is 0 Å². The van der Waals surface area contributed by atoms with Gasteiger partial charge in [0.05, 0.1) is 11.3 Å². The van der Waals surface area contributed by atoms with E-state index in [2.05, 4.69) is 5.32 Å². The van der Waals surface area contributed by atoms with Crippen LogP contribution in [0.5, 0.6) is 0 Å². The van der Waals surface area contributed by atoms with Crippen molar-refractivity contribution in [2.24, 2.45) is 5.73 Å². The maximum atomic E-state index is 11.1. The summed E-state index contributed by atoms with van der Waals surface area (Å²) in [6.07, 6.45) is 0. The summed E-state index contributed by atoms with van der Waals surface area (Å²) in [5.41, 5.74) is 10.2. The number of allylic oxidation sites excluding steroid dienone is 1. The molecule has 0 saturated heterocycles. The molecule has 0 aliphatic rings. The molecule has 4 nitrogen and oxygen atoms in total. The lowest BCUT2D eigenvalue weighted by atomic mass is 9.97. The zero-order valence-electron chi connectivity index (χ0n) is 10.6. The standard InChI is InChI=1S/C13H18N2O2/c1-7-5-8(2)11(13(16)17)6-10(7)12(14)9(3)15-4/h5-6,15H,14H2,1-4H3,(H,16,17)/b12-9-. The van der Waals surface area contributed by atoms with Crippen molar-refractivity contribution in [1.29, 1.82) is 0 Å². The normalized spacial score (nSPS) is 12.0. The zero-order chi connectivity index (χ0) is 13.2. The minimum atomic E-state index is -0.932. The lowest BCUT2D eigenvalue weighted by Crippen LogP contribution is -2.12. The average molecular weight is 234 g/mol. The Hall–Kier alpha value is -1.97. The van der Waals surface area contributed by atoms with Crippen LogP contribution in [0.3, 0.4) is 0 Å². The number of nitrogens with one attached hydrogen (secondary N) is 1. The van der Waals surface area contributed by atoms with Crippen molar-refractivity contribution in [3.05, 3.63) is 40.1 Å². The highest BCUT2D eigenvalue weighted by Gasteiger charge is 2.12. The van der Waals surface area contributed by atoms with Crippen molar-refractivity contribution in [2.45, 2.75) is 20.8 Å². The first-order chi connectivity index (χ1) is 7.88. The first-order valence-corrected chi connectivity index (χ1v) is 5.37. The van der Waals surface area contributed by atoms with Crippen molar-refractivity contribution in [3.63, 3.8) is 0 Å². The number of aryl methyl sites for hydroxylation is 2. The summed E-state index contributed by atoms with van der Waals surface area (Å²) in [7, 11) is 1.78. The van der Waals surface area contributed by atoms with Crippen molar-refractivity contribution in [1.82, 2.24) is 5.32 Å². The fraction of sp³-hybridized carbons (Fsp3) is 0.308. The number of carboxylic acid groups (broad SMARTS) is 1. The Bertz CT molecular complexity index is 490. The van der Waals surface area contributed by atoms with Gasteiger partial charge in [0.1, 0.15) is 0 Å². The third kappa shape index (κ3) is 2.58. The fourth-order valence-corrected chi connectivity index (χ4v) is 1.71. The first-order valence-electron chi connectivity index (χ1n) is 5.37. The van der Waals surface area contributed by atoms with Gasteiger partial charge in [0.2, 0.25) is 0 Å². The molecule has 0 aliphatic carbocycles. The van der Waals surface area contributed by atoms with E-state index < -0.39 is 5.97 Å². The molecule has 0 bridgehead atoms. The molecular weight excluding hydrogens is 216 g/mol. The van der Waals surface area contributed by atoms with Crippen LogP contribution >= 0.6 is 0 Å². The molecule has 0 radical (unpaired) electrons. The van der Waals surface area contributed by atoms with Crippen LogP contribution in [0.4, 0.5) is 0 Å². The van der Waals surface area contributed by atoms with Gasteiger partial charge in [0, 0.05) is 18.3 Å². The Morgan fingerprint density at radius 1 is 1.24 bits per heavy atom. The third-order valence-corrected chi connectivity index (χ3v) is 2.87. The Morgan fingerprint density at radius 2 is 1.76 bits per heavy atom. The van der Waals surface area contributed by atoms with Crippen LogP contribution < -0.4 is 11.1 Å². The van der Waals surface area contributed by atoms with E-state index in [9.17, 15) is 4.79 Å². The molecule has 92 valence electrons. The summed E-state index contributed by atoms with van der Waals surface area (Å²) in [5.74, 6) is -0.932. The SMILES string of the molecule is CN/C(C)=C(\N)c1cc(C(=O)O)c(C)cc1C. The lowest BCUT2D eigenvalue weighted by Gasteiger charge is -2.13. The number of nitrogens with two attached hydrogens (primary N) is 1. The molecule has 0 spiro atoms. The van der Waals surface area contributed by atoms with Gasteiger partial charge in [-0.05, 0) is 38.0 Å². The van der Waals surface area contributed by atoms with E-state index in [4.69, 9.17) is 10.8 Å². The predicted molar refractivity (Wildman–Crippen MR) is 68.7 cm³/mol. The number of hydrogen-bond acceptors (Lipinski definition) is 3. The molecule has 4 N–H and O–H groups in total. The Morgan fingerprint density at radius 3 is 2.24 bits per heavy atom. The van der Waals surface area contributed by atoms with Crippen LogP contribution in [0.2, 0.25) is 0 Å². The van der Waals surface area contributed by atoms with Crippen molar-refractivity contribution >= 4 is 11.7 Å². The molecule has 0 unspecified atom stereocenters. The molecule has 1 rings (SSSR count). The summed E-state index contributed by atoms with van der Waals surface area (Å²) < 4.78 is 0. The molecule has 17 heavy (non-hydrogen) atoms. The van der Waals surface area contributed by atoms with Gasteiger partial charge in [-0.3, -0.25) is 0 Å². The van der Waals surface area contributed by atoms with E-state index in [1.165, 1.54) is 0 Å². The van der Waals surface area contributed by atoms with E-state index in [0.29, 0.717) is 5.70 Å². The molecule has 4 heteroatoms. The van der Waals surface area contributed by atoms with E-state index in [1.807, 2.05) is 19.9 Å². The topological polar surface area (TPSA) is 75.3 Å². The van der Waals surface area contributed by atoms with Crippen LogP contribution in [0.1, 0.15) is 34.0 Å². The van der Waals surface area contributed by atoms with Crippen LogP contribution in [0, 0.1) is 13.8 Å². The van der Waals surface area contributed by atoms with Gasteiger partial charge in [0.25, 0.3) is 0 Å². The smallest absolute Gasteiger partial charge is 0.335 e. The van der Waals surface area contributed by atoms with Crippen molar-refractivity contribution in [2.75, 3.05) is 7.05 Å². The van der Waals surface area contributed by atoms with Crippen LogP contribution in [0.25, 0.3) is 5.70 Å². The monoisotopic (exact) mass is 234 g/mol. The summed E-state index contributed by atoms with van der Waals surface area (Å²) in [6.45, 7) is 5.56. The molecule has 1 aromatic rings. The largest absolute Gasteiger partial charge is 0.478 e. The molecule has 0 aromatic heterocycles.